The number of amides is 1. The smallest absolute Gasteiger partial charge is 0.269 e. The summed E-state index contributed by atoms with van der Waals surface area (Å²) < 4.78 is 10.9. The Morgan fingerprint density at radius 3 is 2.59 bits per heavy atom. The van der Waals surface area contributed by atoms with Gasteiger partial charge in [-0.15, -0.1) is 0 Å². The number of nitro groups is 1. The number of ether oxygens (including phenoxy) is 1. The van der Waals surface area contributed by atoms with Crippen molar-refractivity contribution in [1.82, 2.24) is 0 Å². The maximum Gasteiger partial charge on any atom is 0.269 e. The molecule has 0 fully saturated rings. The highest BCUT2D eigenvalue weighted by molar-refractivity contribution is 5.96. The van der Waals surface area contributed by atoms with Crippen LogP contribution in [0.3, 0.4) is 0 Å². The van der Waals surface area contributed by atoms with Gasteiger partial charge in [0.25, 0.3) is 5.69 Å². The Morgan fingerprint density at radius 2 is 1.90 bits per heavy atom. The zero-order chi connectivity index (χ0) is 20.6. The van der Waals surface area contributed by atoms with Gasteiger partial charge in [-0.25, -0.2) is 0 Å². The molecule has 3 rings (SSSR count). The lowest BCUT2D eigenvalue weighted by Crippen LogP contribution is -2.31. The van der Waals surface area contributed by atoms with E-state index in [1.807, 2.05) is 36.4 Å². The van der Waals surface area contributed by atoms with Gasteiger partial charge in [-0.2, -0.15) is 0 Å². The van der Waals surface area contributed by atoms with Gasteiger partial charge in [0, 0.05) is 23.5 Å². The van der Waals surface area contributed by atoms with Crippen molar-refractivity contribution in [1.29, 1.82) is 0 Å². The molecule has 1 aromatic heterocycles. The highest BCUT2D eigenvalue weighted by Gasteiger charge is 2.14. The van der Waals surface area contributed by atoms with Crippen LogP contribution in [0.15, 0.2) is 71.3 Å². The van der Waals surface area contributed by atoms with Crippen molar-refractivity contribution in [2.45, 2.75) is 26.2 Å². The third-order valence-electron chi connectivity index (χ3n) is 4.14. The molecule has 8 heteroatoms. The summed E-state index contributed by atoms with van der Waals surface area (Å²) in [6.45, 7) is 2.54. The Balaban J connectivity index is 1.51. The molecule has 0 aliphatic carbocycles. The van der Waals surface area contributed by atoms with E-state index in [-0.39, 0.29) is 11.6 Å². The van der Waals surface area contributed by atoms with Crippen molar-refractivity contribution in [3.63, 3.8) is 0 Å². The Morgan fingerprint density at radius 1 is 1.10 bits per heavy atom. The zero-order valence-corrected chi connectivity index (χ0v) is 15.8. The first-order valence-corrected chi connectivity index (χ1v) is 9.02. The van der Waals surface area contributed by atoms with Crippen LogP contribution in [0.2, 0.25) is 0 Å². The van der Waals surface area contributed by atoms with Gasteiger partial charge >= 0.3 is 0 Å². The topological polar surface area (TPSA) is 107 Å². The van der Waals surface area contributed by atoms with Crippen molar-refractivity contribution in [2.75, 3.05) is 10.6 Å². The van der Waals surface area contributed by atoms with E-state index in [0.29, 0.717) is 18.9 Å². The molecule has 1 heterocycles. The molecule has 0 aliphatic rings. The number of nitrogens with zero attached hydrogens (tertiary/aromatic N) is 1. The second-order valence-electron chi connectivity index (χ2n) is 6.43. The van der Waals surface area contributed by atoms with Gasteiger partial charge in [0.2, 0.25) is 5.91 Å². The number of furan rings is 1. The van der Waals surface area contributed by atoms with Gasteiger partial charge in [-0.05, 0) is 48.9 Å². The first-order valence-electron chi connectivity index (χ1n) is 9.02. The first kappa shape index (κ1) is 20.1. The number of non-ortho nitro benzene ring substituents is 1. The fourth-order valence-electron chi connectivity index (χ4n) is 2.65. The van der Waals surface area contributed by atoms with Crippen LogP contribution < -0.4 is 10.6 Å². The lowest BCUT2D eigenvalue weighted by Gasteiger charge is -2.16. The summed E-state index contributed by atoms with van der Waals surface area (Å²) in [4.78, 5) is 22.6. The number of carbonyl (C=O) groups excluding carboxylic acids is 1. The lowest BCUT2D eigenvalue weighted by atomic mass is 10.2. The van der Waals surface area contributed by atoms with Crippen LogP contribution in [0.1, 0.15) is 18.2 Å². The summed E-state index contributed by atoms with van der Waals surface area (Å²) in [6, 6.07) is 16.5. The van der Waals surface area contributed by atoms with Crippen LogP contribution in [0.5, 0.6) is 0 Å². The van der Waals surface area contributed by atoms with Gasteiger partial charge in [0.1, 0.15) is 18.4 Å². The SMILES string of the molecule is CC(Nc1cccc(COCc2ccco2)c1)C(=O)Nc1ccc([N+](=O)[O-])cc1. The van der Waals surface area contributed by atoms with Gasteiger partial charge in [0.15, 0.2) is 0 Å². The summed E-state index contributed by atoms with van der Waals surface area (Å²) in [5.74, 6) is 0.508. The van der Waals surface area contributed by atoms with E-state index in [4.69, 9.17) is 9.15 Å². The van der Waals surface area contributed by atoms with Gasteiger partial charge < -0.3 is 19.8 Å². The summed E-state index contributed by atoms with van der Waals surface area (Å²) in [5, 5.41) is 16.6. The second kappa shape index (κ2) is 9.52. The number of carbonyl (C=O) groups is 1. The Kier molecular flexibility index (Phi) is 6.59. The van der Waals surface area contributed by atoms with Gasteiger partial charge in [0.05, 0.1) is 17.8 Å². The first-order chi connectivity index (χ1) is 14.0. The molecule has 1 atom stereocenters. The summed E-state index contributed by atoms with van der Waals surface area (Å²) in [6.07, 6.45) is 1.60. The maximum absolute atomic E-state index is 12.4. The monoisotopic (exact) mass is 395 g/mol. The van der Waals surface area contributed by atoms with E-state index in [0.717, 1.165) is 17.0 Å². The fourth-order valence-corrected chi connectivity index (χ4v) is 2.65. The summed E-state index contributed by atoms with van der Waals surface area (Å²) in [5.41, 5.74) is 2.22. The van der Waals surface area contributed by atoms with Crippen LogP contribution in [-0.2, 0) is 22.7 Å². The minimum atomic E-state index is -0.510. The fraction of sp³-hybridized carbons (Fsp3) is 0.190. The molecule has 0 saturated heterocycles. The molecule has 0 spiro atoms. The molecule has 29 heavy (non-hydrogen) atoms. The number of nitrogens with one attached hydrogen (secondary N) is 2. The molecular weight excluding hydrogens is 374 g/mol. The van der Waals surface area contributed by atoms with Crippen molar-refractivity contribution >= 4 is 23.0 Å². The van der Waals surface area contributed by atoms with Crippen molar-refractivity contribution in [3.05, 3.63) is 88.4 Å². The number of anilines is 2. The number of hydrogen-bond donors (Lipinski definition) is 2. The molecule has 0 bridgehead atoms. The highest BCUT2D eigenvalue weighted by Crippen LogP contribution is 2.17. The summed E-state index contributed by atoms with van der Waals surface area (Å²) >= 11 is 0. The van der Waals surface area contributed by atoms with E-state index < -0.39 is 11.0 Å². The zero-order valence-electron chi connectivity index (χ0n) is 15.8. The van der Waals surface area contributed by atoms with Crippen LogP contribution in [-0.4, -0.2) is 16.9 Å². The van der Waals surface area contributed by atoms with Crippen molar-refractivity contribution in [2.24, 2.45) is 0 Å². The molecule has 3 aromatic rings. The van der Waals surface area contributed by atoms with E-state index in [1.54, 1.807) is 13.2 Å². The van der Waals surface area contributed by atoms with Crippen LogP contribution in [0.25, 0.3) is 0 Å². The van der Waals surface area contributed by atoms with E-state index >= 15 is 0 Å². The number of rotatable bonds is 9. The Labute approximate surface area is 167 Å². The molecule has 2 aromatic carbocycles. The molecular formula is C21H21N3O5. The molecule has 8 nitrogen and oxygen atoms in total. The highest BCUT2D eigenvalue weighted by atomic mass is 16.6. The lowest BCUT2D eigenvalue weighted by molar-refractivity contribution is -0.384. The molecule has 0 saturated carbocycles. The number of hydrogen-bond acceptors (Lipinski definition) is 6. The van der Waals surface area contributed by atoms with Crippen molar-refractivity contribution < 1.29 is 18.9 Å². The Hall–Kier alpha value is -3.65. The third kappa shape index (κ3) is 5.91. The largest absolute Gasteiger partial charge is 0.467 e. The molecule has 0 radical (unpaired) electrons. The molecule has 2 N–H and O–H groups in total. The average Bonchev–Trinajstić information content (AvgIpc) is 3.22. The number of nitro benzene ring substituents is 1. The molecule has 0 aliphatic heterocycles. The normalized spacial score (nSPS) is 11.6. The second-order valence-corrected chi connectivity index (χ2v) is 6.43. The van der Waals surface area contributed by atoms with E-state index in [1.165, 1.54) is 24.3 Å². The van der Waals surface area contributed by atoms with Crippen LogP contribution in [0.4, 0.5) is 17.1 Å². The molecule has 1 unspecified atom stereocenters. The minimum absolute atomic E-state index is 0.0275. The third-order valence-corrected chi connectivity index (χ3v) is 4.14. The summed E-state index contributed by atoms with van der Waals surface area (Å²) in [7, 11) is 0. The Bertz CT molecular complexity index is 955. The van der Waals surface area contributed by atoms with Crippen LogP contribution in [0, 0.1) is 10.1 Å². The predicted octanol–water partition coefficient (Wildman–Crippen LogP) is 4.34. The standard InChI is InChI=1S/C21H21N3O5/c1-15(21(25)23-17-7-9-19(10-8-17)24(26)27)22-18-5-2-4-16(12-18)13-28-14-20-6-3-11-29-20/h2-12,15,22H,13-14H2,1H3,(H,23,25). The van der Waals surface area contributed by atoms with Crippen LogP contribution >= 0.6 is 0 Å². The van der Waals surface area contributed by atoms with E-state index in [9.17, 15) is 14.9 Å². The molecule has 150 valence electrons. The number of benzene rings is 2. The van der Waals surface area contributed by atoms with E-state index in [2.05, 4.69) is 10.6 Å². The quantitative estimate of drug-likeness (QED) is 0.412. The average molecular weight is 395 g/mol. The molecule has 1 amide bonds. The van der Waals surface area contributed by atoms with Gasteiger partial charge in [-0.3, -0.25) is 14.9 Å². The minimum Gasteiger partial charge on any atom is -0.467 e. The maximum atomic E-state index is 12.4. The predicted molar refractivity (Wildman–Crippen MR) is 108 cm³/mol. The van der Waals surface area contributed by atoms with Gasteiger partial charge in [-0.1, -0.05) is 12.1 Å². The van der Waals surface area contributed by atoms with Crippen molar-refractivity contribution in [3.8, 4) is 0 Å².